The Balaban J connectivity index is 2.33. The molecule has 0 bridgehead atoms. The van der Waals surface area contributed by atoms with E-state index in [1.54, 1.807) is 12.3 Å². The van der Waals surface area contributed by atoms with E-state index in [0.717, 1.165) is 6.42 Å². The number of hydrogen-bond donors (Lipinski definition) is 1. The smallest absolute Gasteiger partial charge is 0.146 e. The van der Waals surface area contributed by atoms with Gasteiger partial charge in [0.15, 0.2) is 0 Å². The van der Waals surface area contributed by atoms with Gasteiger partial charge in [-0.15, -0.1) is 0 Å². The van der Waals surface area contributed by atoms with Crippen molar-refractivity contribution in [2.45, 2.75) is 45.7 Å². The Morgan fingerprint density at radius 3 is 3.00 bits per heavy atom. The van der Waals surface area contributed by atoms with Crippen molar-refractivity contribution in [2.75, 3.05) is 0 Å². The van der Waals surface area contributed by atoms with E-state index in [1.807, 2.05) is 0 Å². The molecule has 1 heterocycles. The fraction of sp³-hybridized carbons (Fsp3) is 0.583. The highest BCUT2D eigenvalue weighted by Crippen LogP contribution is 2.04. The molecule has 1 atom stereocenters. The summed E-state index contributed by atoms with van der Waals surface area (Å²) in [5.41, 5.74) is 0.501. The van der Waals surface area contributed by atoms with E-state index in [0.29, 0.717) is 18.3 Å². The number of unbranched alkanes of at least 4 members (excludes halogenated alkanes) is 1. The Hall–Kier alpha value is -0.960. The number of rotatable bonds is 6. The molecule has 0 saturated heterocycles. The number of hydrogen-bond acceptors (Lipinski definition) is 2. The average molecular weight is 210 g/mol. The van der Waals surface area contributed by atoms with E-state index in [9.17, 15) is 4.39 Å². The first-order chi connectivity index (χ1) is 7.24. The van der Waals surface area contributed by atoms with Crippen molar-refractivity contribution in [3.05, 3.63) is 29.8 Å². The van der Waals surface area contributed by atoms with Crippen LogP contribution in [0, 0.1) is 5.82 Å². The predicted octanol–water partition coefficient (Wildman–Crippen LogP) is 2.89. The molecule has 1 N–H and O–H groups in total. The van der Waals surface area contributed by atoms with Gasteiger partial charge in [-0.25, -0.2) is 4.39 Å². The minimum absolute atomic E-state index is 0.229. The van der Waals surface area contributed by atoms with Crippen LogP contribution in [-0.4, -0.2) is 11.0 Å². The fourth-order valence-corrected chi connectivity index (χ4v) is 1.43. The summed E-state index contributed by atoms with van der Waals surface area (Å²) in [4.78, 5) is 3.99. The Labute approximate surface area is 90.9 Å². The van der Waals surface area contributed by atoms with E-state index < -0.39 is 0 Å². The zero-order valence-electron chi connectivity index (χ0n) is 9.46. The van der Waals surface area contributed by atoms with Crippen molar-refractivity contribution >= 4 is 0 Å². The SMILES string of the molecule is CCCCC(C)NCc1ncccc1F. The van der Waals surface area contributed by atoms with Crippen LogP contribution in [0.25, 0.3) is 0 Å². The third-order valence-corrected chi connectivity index (χ3v) is 2.44. The third-order valence-electron chi connectivity index (χ3n) is 2.44. The van der Waals surface area contributed by atoms with Crippen molar-refractivity contribution in [1.82, 2.24) is 10.3 Å². The van der Waals surface area contributed by atoms with Crippen LogP contribution in [0.5, 0.6) is 0 Å². The maximum atomic E-state index is 13.2. The first-order valence-electron chi connectivity index (χ1n) is 5.56. The minimum atomic E-state index is -0.229. The molecule has 84 valence electrons. The van der Waals surface area contributed by atoms with Crippen LogP contribution in [0.3, 0.4) is 0 Å². The minimum Gasteiger partial charge on any atom is -0.309 e. The molecule has 1 unspecified atom stereocenters. The fourth-order valence-electron chi connectivity index (χ4n) is 1.43. The molecule has 0 fully saturated rings. The first kappa shape index (κ1) is 12.1. The standard InChI is InChI=1S/C12H19FN2/c1-3-4-6-10(2)15-9-12-11(13)7-5-8-14-12/h5,7-8,10,15H,3-4,6,9H2,1-2H3. The summed E-state index contributed by atoms with van der Waals surface area (Å²) in [6.07, 6.45) is 5.16. The third kappa shape index (κ3) is 4.38. The monoisotopic (exact) mass is 210 g/mol. The Morgan fingerprint density at radius 2 is 2.33 bits per heavy atom. The molecule has 0 radical (unpaired) electrons. The van der Waals surface area contributed by atoms with Crippen LogP contribution in [0.2, 0.25) is 0 Å². The van der Waals surface area contributed by atoms with Gasteiger partial charge in [0.05, 0.1) is 5.69 Å². The molecule has 15 heavy (non-hydrogen) atoms. The van der Waals surface area contributed by atoms with Crippen molar-refractivity contribution < 1.29 is 4.39 Å². The molecular formula is C12H19FN2. The van der Waals surface area contributed by atoms with Crippen LogP contribution >= 0.6 is 0 Å². The Kier molecular flexibility index (Phi) is 5.26. The van der Waals surface area contributed by atoms with E-state index in [-0.39, 0.29) is 5.82 Å². The van der Waals surface area contributed by atoms with Gasteiger partial charge in [0.25, 0.3) is 0 Å². The normalized spacial score (nSPS) is 12.7. The molecule has 1 aromatic rings. The van der Waals surface area contributed by atoms with E-state index in [2.05, 4.69) is 24.1 Å². The summed E-state index contributed by atoms with van der Waals surface area (Å²) in [5.74, 6) is -0.229. The Bertz CT molecular complexity index is 289. The highest BCUT2D eigenvalue weighted by molar-refractivity contribution is 5.06. The lowest BCUT2D eigenvalue weighted by Gasteiger charge is -2.12. The molecule has 0 saturated carbocycles. The second-order valence-corrected chi connectivity index (χ2v) is 3.86. The molecule has 0 aromatic carbocycles. The molecule has 1 rings (SSSR count). The van der Waals surface area contributed by atoms with Gasteiger partial charge in [-0.2, -0.15) is 0 Å². The number of pyridine rings is 1. The summed E-state index contributed by atoms with van der Waals surface area (Å²) in [6.45, 7) is 4.80. The number of aromatic nitrogens is 1. The highest BCUT2D eigenvalue weighted by Gasteiger charge is 2.04. The second kappa shape index (κ2) is 6.51. The number of nitrogens with one attached hydrogen (secondary N) is 1. The van der Waals surface area contributed by atoms with Gasteiger partial charge in [-0.1, -0.05) is 19.8 Å². The topological polar surface area (TPSA) is 24.9 Å². The molecule has 2 nitrogen and oxygen atoms in total. The number of nitrogens with zero attached hydrogens (tertiary/aromatic N) is 1. The average Bonchev–Trinajstić information content (AvgIpc) is 2.25. The van der Waals surface area contributed by atoms with Crippen molar-refractivity contribution in [3.63, 3.8) is 0 Å². The number of halogens is 1. The van der Waals surface area contributed by atoms with Gasteiger partial charge in [-0.05, 0) is 25.5 Å². The zero-order chi connectivity index (χ0) is 11.1. The lowest BCUT2D eigenvalue weighted by atomic mass is 10.1. The molecule has 0 aliphatic carbocycles. The maximum Gasteiger partial charge on any atom is 0.146 e. The van der Waals surface area contributed by atoms with Crippen molar-refractivity contribution in [1.29, 1.82) is 0 Å². The molecule has 0 aliphatic heterocycles. The largest absolute Gasteiger partial charge is 0.309 e. The summed E-state index contributed by atoms with van der Waals surface area (Å²) < 4.78 is 13.2. The van der Waals surface area contributed by atoms with Crippen LogP contribution < -0.4 is 5.32 Å². The van der Waals surface area contributed by atoms with Crippen molar-refractivity contribution in [2.24, 2.45) is 0 Å². The molecule has 3 heteroatoms. The first-order valence-corrected chi connectivity index (χ1v) is 5.56. The maximum absolute atomic E-state index is 13.2. The second-order valence-electron chi connectivity index (χ2n) is 3.86. The van der Waals surface area contributed by atoms with E-state index >= 15 is 0 Å². The summed E-state index contributed by atoms with van der Waals surface area (Å²) in [5, 5.41) is 3.27. The quantitative estimate of drug-likeness (QED) is 0.781. The van der Waals surface area contributed by atoms with E-state index in [1.165, 1.54) is 18.9 Å². The van der Waals surface area contributed by atoms with Gasteiger partial charge in [0.1, 0.15) is 5.82 Å². The van der Waals surface area contributed by atoms with Gasteiger partial charge in [-0.3, -0.25) is 4.98 Å². The Morgan fingerprint density at radius 1 is 1.53 bits per heavy atom. The van der Waals surface area contributed by atoms with Crippen LogP contribution in [-0.2, 0) is 6.54 Å². The van der Waals surface area contributed by atoms with Gasteiger partial charge >= 0.3 is 0 Å². The van der Waals surface area contributed by atoms with E-state index in [4.69, 9.17) is 0 Å². The molecule has 0 amide bonds. The molecule has 1 aromatic heterocycles. The lowest BCUT2D eigenvalue weighted by molar-refractivity contribution is 0.479. The van der Waals surface area contributed by atoms with Gasteiger partial charge < -0.3 is 5.32 Å². The van der Waals surface area contributed by atoms with Crippen LogP contribution in [0.1, 0.15) is 38.8 Å². The zero-order valence-corrected chi connectivity index (χ0v) is 9.46. The highest BCUT2D eigenvalue weighted by atomic mass is 19.1. The molecule has 0 spiro atoms. The van der Waals surface area contributed by atoms with Gasteiger partial charge in [0.2, 0.25) is 0 Å². The molecule has 0 aliphatic rings. The van der Waals surface area contributed by atoms with Crippen LogP contribution in [0.15, 0.2) is 18.3 Å². The predicted molar refractivity (Wildman–Crippen MR) is 60.0 cm³/mol. The van der Waals surface area contributed by atoms with Crippen molar-refractivity contribution in [3.8, 4) is 0 Å². The lowest BCUT2D eigenvalue weighted by Crippen LogP contribution is -2.26. The van der Waals surface area contributed by atoms with Crippen LogP contribution in [0.4, 0.5) is 4.39 Å². The summed E-state index contributed by atoms with van der Waals surface area (Å²) >= 11 is 0. The summed E-state index contributed by atoms with van der Waals surface area (Å²) in [6, 6.07) is 3.48. The van der Waals surface area contributed by atoms with Gasteiger partial charge in [0, 0.05) is 18.8 Å². The molecular weight excluding hydrogens is 191 g/mol. The summed E-state index contributed by atoms with van der Waals surface area (Å²) in [7, 11) is 0.